The fraction of sp³-hybridized carbons (Fsp3) is 0.935. The summed E-state index contributed by atoms with van der Waals surface area (Å²) in [5.41, 5.74) is -0.204. The molecule has 0 bridgehead atoms. The molecule has 0 spiro atoms. The Morgan fingerprint density at radius 2 is 1.57 bits per heavy atom. The average molecular weight is 553 g/mol. The van der Waals surface area contributed by atoms with E-state index in [-0.39, 0.29) is 46.0 Å². The fourth-order valence-corrected chi connectivity index (χ4v) is 8.90. The second kappa shape index (κ2) is 10.4. The van der Waals surface area contributed by atoms with Gasteiger partial charge in [0.1, 0.15) is 5.60 Å². The minimum atomic E-state index is -1.95. The first-order valence-electron chi connectivity index (χ1n) is 15.0. The molecular weight excluding hydrogens is 493 g/mol. The van der Waals surface area contributed by atoms with Crippen LogP contribution < -0.4 is 0 Å². The average Bonchev–Trinajstić information content (AvgIpc) is 3.25. The second-order valence-electron chi connectivity index (χ2n) is 16.3. The van der Waals surface area contributed by atoms with Gasteiger partial charge in [0.05, 0.1) is 24.9 Å². The van der Waals surface area contributed by atoms with Gasteiger partial charge in [-0.1, -0.05) is 87.3 Å². The highest BCUT2D eigenvalue weighted by atomic mass is 28.4. The Balaban J connectivity index is 1.92. The molecule has 0 aromatic heterocycles. The molecule has 0 aromatic carbocycles. The van der Waals surface area contributed by atoms with Gasteiger partial charge in [-0.25, -0.2) is 0 Å². The van der Waals surface area contributed by atoms with Gasteiger partial charge in [0.25, 0.3) is 0 Å². The van der Waals surface area contributed by atoms with Gasteiger partial charge in [-0.15, -0.1) is 0 Å². The fourth-order valence-electron chi connectivity index (χ4n) is 6.15. The Hall–Kier alpha value is 0.0138. The molecule has 0 amide bonds. The van der Waals surface area contributed by atoms with Crippen LogP contribution in [-0.2, 0) is 13.6 Å². The predicted octanol–water partition coefficient (Wildman–Crippen LogP) is 8.33. The van der Waals surface area contributed by atoms with E-state index in [1.54, 1.807) is 0 Å². The molecule has 4 nitrogen and oxygen atoms in total. The zero-order valence-corrected chi connectivity index (χ0v) is 28.5. The van der Waals surface area contributed by atoms with Crippen LogP contribution >= 0.6 is 0 Å². The summed E-state index contributed by atoms with van der Waals surface area (Å²) < 4.78 is 20.4. The van der Waals surface area contributed by atoms with E-state index >= 15 is 0 Å². The van der Waals surface area contributed by atoms with Crippen LogP contribution in [0.5, 0.6) is 0 Å². The van der Waals surface area contributed by atoms with E-state index in [4.69, 9.17) is 13.6 Å². The van der Waals surface area contributed by atoms with Crippen LogP contribution in [0.1, 0.15) is 94.4 Å². The lowest BCUT2D eigenvalue weighted by atomic mass is 9.80. The molecule has 3 fully saturated rings. The molecule has 2 aliphatic carbocycles. The summed E-state index contributed by atoms with van der Waals surface area (Å²) in [5, 5.41) is 10.4. The standard InChI is InChI=1S/C31H60O4Si2/c1-14-15-18-30(8,9)26(35-37(12,13)29(5,6)7)17-16-22-24-20-31(21-32)27(33-31)23(24)19-25(22)34-36(10,11)28(2,3)4/h16-17,22-27,32H,14-15,18-21H2,1-13H3/b17-16+/t22-,23-,24+,25+,26?,27?,31?/m0/s1. The number of fused-ring (bicyclic) bond motifs is 3. The van der Waals surface area contributed by atoms with Crippen molar-refractivity contribution >= 4 is 16.6 Å². The molecule has 3 rings (SSSR count). The third kappa shape index (κ3) is 6.35. The summed E-state index contributed by atoms with van der Waals surface area (Å²) in [6, 6.07) is 0. The van der Waals surface area contributed by atoms with Crippen molar-refractivity contribution in [2.45, 2.75) is 155 Å². The van der Waals surface area contributed by atoms with Crippen molar-refractivity contribution in [1.29, 1.82) is 0 Å². The van der Waals surface area contributed by atoms with Crippen molar-refractivity contribution in [3.8, 4) is 0 Å². The van der Waals surface area contributed by atoms with Crippen molar-refractivity contribution in [2.24, 2.45) is 23.2 Å². The Labute approximate surface area is 231 Å². The minimum absolute atomic E-state index is 0.0725. The molecule has 3 unspecified atom stereocenters. The molecule has 1 N–H and O–H groups in total. The Bertz CT molecular complexity index is 822. The third-order valence-corrected chi connectivity index (χ3v) is 19.9. The van der Waals surface area contributed by atoms with E-state index < -0.39 is 16.6 Å². The third-order valence-electron chi connectivity index (χ3n) is 11.0. The van der Waals surface area contributed by atoms with Crippen molar-refractivity contribution in [3.63, 3.8) is 0 Å². The van der Waals surface area contributed by atoms with Gasteiger partial charge in [-0.3, -0.25) is 0 Å². The topological polar surface area (TPSA) is 51.2 Å². The quantitative estimate of drug-likeness (QED) is 0.159. The van der Waals surface area contributed by atoms with Gasteiger partial charge in [-0.05, 0) is 72.8 Å². The lowest BCUT2D eigenvalue weighted by molar-refractivity contribution is 0.0868. The lowest BCUT2D eigenvalue weighted by Gasteiger charge is -2.44. The van der Waals surface area contributed by atoms with Gasteiger partial charge in [0.2, 0.25) is 0 Å². The number of aliphatic hydroxyl groups excluding tert-OH is 1. The summed E-state index contributed by atoms with van der Waals surface area (Å²) in [5.74, 6) is 1.36. The molecule has 0 aromatic rings. The molecule has 37 heavy (non-hydrogen) atoms. The molecule has 3 aliphatic rings. The minimum Gasteiger partial charge on any atom is -0.413 e. The predicted molar refractivity (Wildman–Crippen MR) is 161 cm³/mol. The number of hydrogen-bond donors (Lipinski definition) is 1. The van der Waals surface area contributed by atoms with Crippen LogP contribution in [0, 0.1) is 23.2 Å². The molecule has 2 saturated carbocycles. The molecule has 1 heterocycles. The largest absolute Gasteiger partial charge is 0.413 e. The van der Waals surface area contributed by atoms with Crippen LogP contribution in [-0.4, -0.2) is 52.3 Å². The van der Waals surface area contributed by atoms with Gasteiger partial charge in [-0.2, -0.15) is 0 Å². The van der Waals surface area contributed by atoms with Crippen LogP contribution in [0.3, 0.4) is 0 Å². The molecule has 6 heteroatoms. The molecule has 216 valence electrons. The highest BCUT2D eigenvalue weighted by molar-refractivity contribution is 6.74. The van der Waals surface area contributed by atoms with E-state index in [1.807, 2.05) is 0 Å². The van der Waals surface area contributed by atoms with Crippen LogP contribution in [0.15, 0.2) is 12.2 Å². The van der Waals surface area contributed by atoms with Gasteiger partial charge >= 0.3 is 0 Å². The number of aliphatic hydroxyl groups is 1. The Morgan fingerprint density at radius 3 is 2.08 bits per heavy atom. The van der Waals surface area contributed by atoms with E-state index in [0.717, 1.165) is 19.3 Å². The first kappa shape index (κ1) is 31.5. The van der Waals surface area contributed by atoms with Crippen LogP contribution in [0.4, 0.5) is 0 Å². The van der Waals surface area contributed by atoms with Crippen molar-refractivity contribution in [3.05, 3.63) is 12.2 Å². The number of hydrogen-bond acceptors (Lipinski definition) is 4. The summed E-state index contributed by atoms with van der Waals surface area (Å²) in [7, 11) is -3.87. The van der Waals surface area contributed by atoms with E-state index in [1.165, 1.54) is 12.8 Å². The first-order chi connectivity index (χ1) is 16.7. The second-order valence-corrected chi connectivity index (χ2v) is 25.8. The van der Waals surface area contributed by atoms with E-state index in [9.17, 15) is 5.11 Å². The maximum absolute atomic E-state index is 10.1. The van der Waals surface area contributed by atoms with E-state index in [0.29, 0.717) is 17.8 Å². The zero-order valence-electron chi connectivity index (χ0n) is 26.5. The zero-order chi connectivity index (χ0) is 28.2. The lowest BCUT2D eigenvalue weighted by Crippen LogP contribution is -2.47. The van der Waals surface area contributed by atoms with Gasteiger partial charge in [0, 0.05) is 5.92 Å². The van der Waals surface area contributed by atoms with Crippen molar-refractivity contribution < 1.29 is 18.7 Å². The highest BCUT2D eigenvalue weighted by Crippen LogP contribution is 2.63. The maximum Gasteiger partial charge on any atom is 0.192 e. The monoisotopic (exact) mass is 552 g/mol. The van der Waals surface area contributed by atoms with Gasteiger partial charge < -0.3 is 18.7 Å². The summed E-state index contributed by atoms with van der Waals surface area (Å²) in [4.78, 5) is 0. The Morgan fingerprint density at radius 1 is 0.973 bits per heavy atom. The SMILES string of the molecule is CCCCC(C)(C)C(/C=C/[C@H]1[C@H]2CC3(CO)OC3[C@H]2C[C@H]1O[Si](C)(C)C(C)(C)C)O[Si](C)(C)C(C)(C)C. The van der Waals surface area contributed by atoms with E-state index in [2.05, 4.69) is 101 Å². The first-order valence-corrected chi connectivity index (χ1v) is 20.9. The van der Waals surface area contributed by atoms with Crippen molar-refractivity contribution in [1.82, 2.24) is 0 Å². The molecule has 0 radical (unpaired) electrons. The van der Waals surface area contributed by atoms with Crippen LogP contribution in [0.2, 0.25) is 36.3 Å². The summed E-state index contributed by atoms with van der Waals surface area (Å²) in [6.45, 7) is 30.7. The smallest absolute Gasteiger partial charge is 0.192 e. The summed E-state index contributed by atoms with van der Waals surface area (Å²) in [6.07, 6.45) is 11.0. The molecular formula is C31H60O4Si2. The molecule has 1 saturated heterocycles. The number of epoxide rings is 1. The normalized spacial score (nSPS) is 33.6. The molecule has 7 atom stereocenters. The van der Waals surface area contributed by atoms with Crippen molar-refractivity contribution in [2.75, 3.05) is 6.61 Å². The maximum atomic E-state index is 10.1. The Kier molecular flexibility index (Phi) is 8.90. The number of ether oxygens (including phenoxy) is 1. The number of rotatable bonds is 11. The summed E-state index contributed by atoms with van der Waals surface area (Å²) >= 11 is 0. The number of unbranched alkanes of at least 4 members (excludes halogenated alkanes) is 1. The molecule has 1 aliphatic heterocycles. The van der Waals surface area contributed by atoms with Crippen LogP contribution in [0.25, 0.3) is 0 Å². The van der Waals surface area contributed by atoms with Gasteiger partial charge in [0.15, 0.2) is 16.6 Å². The highest BCUT2D eigenvalue weighted by Gasteiger charge is 2.71.